The summed E-state index contributed by atoms with van der Waals surface area (Å²) in [6.07, 6.45) is 5.30. The summed E-state index contributed by atoms with van der Waals surface area (Å²) in [7, 11) is 0. The first-order valence-electron chi connectivity index (χ1n) is 7.18. The zero-order valence-corrected chi connectivity index (χ0v) is 12.1. The Balaban J connectivity index is 2.09. The van der Waals surface area contributed by atoms with E-state index in [1.54, 1.807) is 12.3 Å². The molecule has 0 bridgehead atoms. The lowest BCUT2D eigenvalue weighted by atomic mass is 10.0. The van der Waals surface area contributed by atoms with Crippen molar-refractivity contribution in [2.75, 3.05) is 18.0 Å². The summed E-state index contributed by atoms with van der Waals surface area (Å²) in [6, 6.07) is 4.08. The van der Waals surface area contributed by atoms with Crippen LogP contribution in [0, 0.1) is 10.1 Å². The highest BCUT2D eigenvalue weighted by atomic mass is 16.6. The fourth-order valence-electron chi connectivity index (χ4n) is 2.59. The SMILES string of the molecule is CC(C)N(CC1CCCCN1)c1ccc([N+](=O)[O-])nc1. The molecule has 20 heavy (non-hydrogen) atoms. The molecule has 2 rings (SSSR count). The van der Waals surface area contributed by atoms with E-state index in [4.69, 9.17) is 0 Å². The van der Waals surface area contributed by atoms with Crippen LogP contribution < -0.4 is 10.2 Å². The predicted octanol–water partition coefficient (Wildman–Crippen LogP) is 2.35. The highest BCUT2D eigenvalue weighted by molar-refractivity contribution is 5.47. The van der Waals surface area contributed by atoms with Crippen molar-refractivity contribution in [3.8, 4) is 0 Å². The number of nitrogens with zero attached hydrogens (tertiary/aromatic N) is 3. The third kappa shape index (κ3) is 3.66. The van der Waals surface area contributed by atoms with Crippen molar-refractivity contribution >= 4 is 11.5 Å². The quantitative estimate of drug-likeness (QED) is 0.661. The molecule has 0 radical (unpaired) electrons. The third-order valence-electron chi connectivity index (χ3n) is 3.70. The zero-order valence-electron chi connectivity index (χ0n) is 12.1. The fraction of sp³-hybridized carbons (Fsp3) is 0.643. The van der Waals surface area contributed by atoms with Crippen molar-refractivity contribution < 1.29 is 4.92 Å². The molecule has 0 aromatic carbocycles. The second-order valence-electron chi connectivity index (χ2n) is 5.52. The van der Waals surface area contributed by atoms with E-state index in [0.29, 0.717) is 12.1 Å². The van der Waals surface area contributed by atoms with Crippen LogP contribution >= 0.6 is 0 Å². The first-order chi connectivity index (χ1) is 9.58. The van der Waals surface area contributed by atoms with E-state index in [9.17, 15) is 10.1 Å². The summed E-state index contributed by atoms with van der Waals surface area (Å²) < 4.78 is 0. The van der Waals surface area contributed by atoms with Gasteiger partial charge in [-0.2, -0.15) is 0 Å². The fourth-order valence-corrected chi connectivity index (χ4v) is 2.59. The van der Waals surface area contributed by atoms with Gasteiger partial charge < -0.3 is 20.3 Å². The van der Waals surface area contributed by atoms with Crippen LogP contribution in [0.4, 0.5) is 11.5 Å². The van der Waals surface area contributed by atoms with Gasteiger partial charge in [-0.1, -0.05) is 6.42 Å². The van der Waals surface area contributed by atoms with Crippen LogP contribution in [-0.2, 0) is 0 Å². The number of piperidine rings is 1. The van der Waals surface area contributed by atoms with Crippen molar-refractivity contribution in [2.24, 2.45) is 0 Å². The Hall–Kier alpha value is -1.69. The molecule has 0 spiro atoms. The van der Waals surface area contributed by atoms with Gasteiger partial charge in [0, 0.05) is 24.7 Å². The van der Waals surface area contributed by atoms with Gasteiger partial charge in [-0.15, -0.1) is 0 Å². The van der Waals surface area contributed by atoms with Gasteiger partial charge in [0.05, 0.1) is 5.69 Å². The van der Waals surface area contributed by atoms with E-state index < -0.39 is 4.92 Å². The molecule has 1 aromatic heterocycles. The zero-order chi connectivity index (χ0) is 14.5. The molecule has 1 unspecified atom stereocenters. The molecule has 1 fully saturated rings. The minimum atomic E-state index is -0.466. The first-order valence-corrected chi connectivity index (χ1v) is 7.18. The molecule has 0 amide bonds. The number of aromatic nitrogens is 1. The molecule has 6 nitrogen and oxygen atoms in total. The molecule has 1 aromatic rings. The standard InChI is InChI=1S/C14H22N4O2/c1-11(2)17(10-12-5-3-4-8-15-12)13-6-7-14(16-9-13)18(19)20/h6-7,9,11-12,15H,3-5,8,10H2,1-2H3. The molecule has 1 N–H and O–H groups in total. The average Bonchev–Trinajstić information content (AvgIpc) is 2.45. The second kappa shape index (κ2) is 6.65. The topological polar surface area (TPSA) is 71.3 Å². The number of hydrogen-bond donors (Lipinski definition) is 1. The van der Waals surface area contributed by atoms with Crippen LogP contribution in [0.3, 0.4) is 0 Å². The van der Waals surface area contributed by atoms with Gasteiger partial charge in [0.1, 0.15) is 0 Å². The van der Waals surface area contributed by atoms with Crippen LogP contribution in [0.5, 0.6) is 0 Å². The van der Waals surface area contributed by atoms with Crippen LogP contribution in [0.2, 0.25) is 0 Å². The van der Waals surface area contributed by atoms with E-state index in [2.05, 4.69) is 29.0 Å². The van der Waals surface area contributed by atoms with Gasteiger partial charge >= 0.3 is 5.82 Å². The normalized spacial score (nSPS) is 19.1. The van der Waals surface area contributed by atoms with Gasteiger partial charge in [-0.25, -0.2) is 0 Å². The van der Waals surface area contributed by atoms with Crippen LogP contribution in [-0.4, -0.2) is 35.1 Å². The smallest absolute Gasteiger partial charge is 0.363 e. The number of pyridine rings is 1. The van der Waals surface area contributed by atoms with Crippen molar-refractivity contribution in [2.45, 2.75) is 45.2 Å². The number of rotatable bonds is 5. The van der Waals surface area contributed by atoms with E-state index in [1.165, 1.54) is 25.3 Å². The van der Waals surface area contributed by atoms with Gasteiger partial charge in [-0.05, 0) is 49.2 Å². The number of hydrogen-bond acceptors (Lipinski definition) is 5. The van der Waals surface area contributed by atoms with Gasteiger partial charge in [0.15, 0.2) is 6.20 Å². The van der Waals surface area contributed by atoms with Gasteiger partial charge in [0.2, 0.25) is 0 Å². The van der Waals surface area contributed by atoms with E-state index in [1.807, 2.05) is 0 Å². The Kier molecular flexibility index (Phi) is 4.89. The molecule has 110 valence electrons. The summed E-state index contributed by atoms with van der Waals surface area (Å²) in [5.41, 5.74) is 0.943. The minimum Gasteiger partial charge on any atom is -0.365 e. The van der Waals surface area contributed by atoms with Crippen LogP contribution in [0.1, 0.15) is 33.1 Å². The summed E-state index contributed by atoms with van der Waals surface area (Å²) in [5, 5.41) is 14.2. The average molecular weight is 278 g/mol. The lowest BCUT2D eigenvalue weighted by Crippen LogP contribution is -2.46. The third-order valence-corrected chi connectivity index (χ3v) is 3.70. The summed E-state index contributed by atoms with van der Waals surface area (Å²) in [5.74, 6) is -0.103. The molecular formula is C14H22N4O2. The van der Waals surface area contributed by atoms with Crippen LogP contribution in [0.25, 0.3) is 0 Å². The molecule has 0 saturated carbocycles. The molecule has 1 saturated heterocycles. The van der Waals surface area contributed by atoms with Crippen molar-refractivity contribution in [1.82, 2.24) is 10.3 Å². The van der Waals surface area contributed by atoms with Crippen LogP contribution in [0.15, 0.2) is 18.3 Å². The maximum atomic E-state index is 10.7. The molecule has 1 aliphatic rings. The maximum Gasteiger partial charge on any atom is 0.363 e. The Morgan fingerprint density at radius 2 is 2.30 bits per heavy atom. The minimum absolute atomic E-state index is 0.103. The first kappa shape index (κ1) is 14.7. The Labute approximate surface area is 119 Å². The van der Waals surface area contributed by atoms with Gasteiger partial charge in [-0.3, -0.25) is 0 Å². The summed E-state index contributed by atoms with van der Waals surface area (Å²) in [4.78, 5) is 16.3. The Bertz CT molecular complexity index is 441. The maximum absolute atomic E-state index is 10.7. The largest absolute Gasteiger partial charge is 0.365 e. The molecule has 1 aliphatic heterocycles. The molecular weight excluding hydrogens is 256 g/mol. The molecule has 2 heterocycles. The van der Waals surface area contributed by atoms with E-state index in [-0.39, 0.29) is 5.82 Å². The van der Waals surface area contributed by atoms with Gasteiger partial charge in [0.25, 0.3) is 0 Å². The van der Waals surface area contributed by atoms with Crippen molar-refractivity contribution in [1.29, 1.82) is 0 Å². The Morgan fingerprint density at radius 1 is 1.50 bits per heavy atom. The van der Waals surface area contributed by atoms with Crippen molar-refractivity contribution in [3.05, 3.63) is 28.4 Å². The molecule has 6 heteroatoms. The predicted molar refractivity (Wildman–Crippen MR) is 79.0 cm³/mol. The second-order valence-corrected chi connectivity index (χ2v) is 5.52. The monoisotopic (exact) mass is 278 g/mol. The number of nitrogens with one attached hydrogen (secondary N) is 1. The van der Waals surface area contributed by atoms with E-state index in [0.717, 1.165) is 18.8 Å². The van der Waals surface area contributed by atoms with E-state index >= 15 is 0 Å². The van der Waals surface area contributed by atoms with Crippen molar-refractivity contribution in [3.63, 3.8) is 0 Å². The lowest BCUT2D eigenvalue weighted by molar-refractivity contribution is -0.389. The Morgan fingerprint density at radius 3 is 2.80 bits per heavy atom. The summed E-state index contributed by atoms with van der Waals surface area (Å²) >= 11 is 0. The number of anilines is 1. The molecule has 1 atom stereocenters. The molecule has 0 aliphatic carbocycles. The lowest BCUT2D eigenvalue weighted by Gasteiger charge is -2.34. The summed E-state index contributed by atoms with van der Waals surface area (Å²) in [6.45, 7) is 6.25. The number of nitro groups is 1. The highest BCUT2D eigenvalue weighted by Gasteiger charge is 2.20. The highest BCUT2D eigenvalue weighted by Crippen LogP contribution is 2.20.